The van der Waals surface area contributed by atoms with Gasteiger partial charge in [-0.2, -0.15) is 0 Å². The molecule has 0 spiro atoms. The molecular formula is C33H40N2. The van der Waals surface area contributed by atoms with E-state index in [0.29, 0.717) is 18.0 Å². The van der Waals surface area contributed by atoms with Crippen LogP contribution in [-0.2, 0) is 5.54 Å². The Morgan fingerprint density at radius 2 is 1.37 bits per heavy atom. The van der Waals surface area contributed by atoms with Crippen LogP contribution in [-0.4, -0.2) is 10.9 Å². The number of benzene rings is 3. The van der Waals surface area contributed by atoms with E-state index in [9.17, 15) is 0 Å². The first-order chi connectivity index (χ1) is 16.9. The van der Waals surface area contributed by atoms with Crippen molar-refractivity contribution in [3.05, 3.63) is 100 Å². The molecule has 1 saturated carbocycles. The highest BCUT2D eigenvalue weighted by Gasteiger charge is 2.61. The summed E-state index contributed by atoms with van der Waals surface area (Å²) >= 11 is 0. The molecule has 2 fully saturated rings. The fourth-order valence-corrected chi connectivity index (χ4v) is 8.01. The van der Waals surface area contributed by atoms with Crippen molar-refractivity contribution in [3.63, 3.8) is 0 Å². The predicted molar refractivity (Wildman–Crippen MR) is 147 cm³/mol. The Bertz CT molecular complexity index is 1220. The molecule has 1 saturated heterocycles. The van der Waals surface area contributed by atoms with Crippen LogP contribution in [0.4, 0.5) is 5.69 Å². The van der Waals surface area contributed by atoms with E-state index >= 15 is 0 Å². The lowest BCUT2D eigenvalue weighted by atomic mass is 9.71. The number of nitrogens with zero attached hydrogens (tertiary/aromatic N) is 2. The molecule has 2 heterocycles. The van der Waals surface area contributed by atoms with Gasteiger partial charge in [0.1, 0.15) is 6.17 Å². The summed E-state index contributed by atoms with van der Waals surface area (Å²) < 4.78 is 0. The minimum absolute atomic E-state index is 0.0345. The summed E-state index contributed by atoms with van der Waals surface area (Å²) in [6.45, 7) is 12.0. The second kappa shape index (κ2) is 8.52. The first-order valence-electron chi connectivity index (χ1n) is 13.7. The number of hydrogen-bond acceptors (Lipinski definition) is 2. The topological polar surface area (TPSA) is 6.48 Å². The first-order valence-corrected chi connectivity index (χ1v) is 13.7. The van der Waals surface area contributed by atoms with Gasteiger partial charge in [0, 0.05) is 17.3 Å². The molecule has 3 aromatic carbocycles. The lowest BCUT2D eigenvalue weighted by Gasteiger charge is -2.48. The van der Waals surface area contributed by atoms with Gasteiger partial charge >= 0.3 is 0 Å². The van der Waals surface area contributed by atoms with Crippen LogP contribution < -0.4 is 4.90 Å². The summed E-state index contributed by atoms with van der Waals surface area (Å²) in [5.41, 5.74) is 10.2. The average Bonchev–Trinajstić information content (AvgIpc) is 3.31. The molecule has 4 atom stereocenters. The van der Waals surface area contributed by atoms with Crippen molar-refractivity contribution in [2.45, 2.75) is 90.5 Å². The van der Waals surface area contributed by atoms with Crippen LogP contribution in [0.1, 0.15) is 91.5 Å². The molecule has 3 aromatic rings. The molecule has 0 aromatic heterocycles. The Labute approximate surface area is 212 Å². The highest BCUT2D eigenvalue weighted by molar-refractivity contribution is 5.61. The summed E-state index contributed by atoms with van der Waals surface area (Å²) in [4.78, 5) is 5.74. The van der Waals surface area contributed by atoms with E-state index in [1.807, 2.05) is 0 Å². The Morgan fingerprint density at radius 3 is 2.09 bits per heavy atom. The molecule has 0 radical (unpaired) electrons. The fourth-order valence-electron chi connectivity index (χ4n) is 8.01. The van der Waals surface area contributed by atoms with Gasteiger partial charge in [-0.3, -0.25) is 4.90 Å². The van der Waals surface area contributed by atoms with Gasteiger partial charge in [0.25, 0.3) is 0 Å². The standard InChI is InChI=1S/C33H40N2/c1-22-14-9-12-21-29(22)34-25(4)31-27-19-10-11-20-28(27)33(5,26-17-7-6-8-18-26)35(31)32(34)30-23(2)15-13-16-24(30)3/h9-16,19-21,25-26,31-32H,6-8,17-18H2,1-5H3/t25-,31?,32?,33?/m0/s1. The molecular weight excluding hydrogens is 424 g/mol. The number of anilines is 1. The highest BCUT2D eigenvalue weighted by Crippen LogP contribution is 2.63. The van der Waals surface area contributed by atoms with E-state index in [2.05, 4.69) is 111 Å². The number of rotatable bonds is 3. The molecule has 3 aliphatic rings. The van der Waals surface area contributed by atoms with Crippen molar-refractivity contribution in [1.82, 2.24) is 4.90 Å². The summed E-state index contributed by atoms with van der Waals surface area (Å²) in [7, 11) is 0. The van der Waals surface area contributed by atoms with E-state index in [0.717, 1.165) is 0 Å². The first kappa shape index (κ1) is 22.9. The Balaban J connectivity index is 1.63. The lowest BCUT2D eigenvalue weighted by Crippen LogP contribution is -2.48. The maximum Gasteiger partial charge on any atom is 0.110 e. The Hall–Kier alpha value is -2.58. The lowest BCUT2D eigenvalue weighted by molar-refractivity contribution is 0.00372. The molecule has 182 valence electrons. The second-order valence-corrected chi connectivity index (χ2v) is 11.5. The molecule has 2 nitrogen and oxygen atoms in total. The van der Waals surface area contributed by atoms with E-state index in [1.165, 1.54) is 60.0 Å². The number of para-hydroxylation sites is 1. The third-order valence-electron chi connectivity index (χ3n) is 9.68. The van der Waals surface area contributed by atoms with Crippen molar-refractivity contribution >= 4 is 5.69 Å². The molecule has 2 heteroatoms. The molecule has 0 bridgehead atoms. The molecule has 0 amide bonds. The second-order valence-electron chi connectivity index (χ2n) is 11.5. The fraction of sp³-hybridized carbons (Fsp3) is 0.455. The van der Waals surface area contributed by atoms with E-state index in [1.54, 1.807) is 11.1 Å². The third-order valence-corrected chi connectivity index (χ3v) is 9.68. The van der Waals surface area contributed by atoms with Gasteiger partial charge in [0.15, 0.2) is 0 Å². The number of aryl methyl sites for hydroxylation is 3. The zero-order valence-electron chi connectivity index (χ0n) is 22.1. The highest BCUT2D eigenvalue weighted by atomic mass is 15.5. The zero-order chi connectivity index (χ0) is 24.3. The molecule has 0 N–H and O–H groups in total. The number of fused-ring (bicyclic) bond motifs is 3. The quantitative estimate of drug-likeness (QED) is 0.384. The van der Waals surface area contributed by atoms with Gasteiger partial charge in [0.05, 0.1) is 6.04 Å². The van der Waals surface area contributed by atoms with Crippen LogP contribution in [0.2, 0.25) is 0 Å². The third kappa shape index (κ3) is 3.25. The molecule has 3 unspecified atom stereocenters. The van der Waals surface area contributed by atoms with E-state index in [-0.39, 0.29) is 11.7 Å². The smallest absolute Gasteiger partial charge is 0.110 e. The molecule has 35 heavy (non-hydrogen) atoms. The van der Waals surface area contributed by atoms with Gasteiger partial charge in [-0.25, -0.2) is 0 Å². The van der Waals surface area contributed by atoms with Crippen molar-refractivity contribution in [3.8, 4) is 0 Å². The molecule has 1 aliphatic carbocycles. The van der Waals surface area contributed by atoms with Crippen molar-refractivity contribution in [2.75, 3.05) is 4.90 Å². The van der Waals surface area contributed by atoms with Crippen LogP contribution in [0.5, 0.6) is 0 Å². The van der Waals surface area contributed by atoms with Gasteiger partial charge in [0.2, 0.25) is 0 Å². The maximum atomic E-state index is 2.97. The molecule has 2 aliphatic heterocycles. The van der Waals surface area contributed by atoms with Crippen LogP contribution in [0.15, 0.2) is 66.7 Å². The summed E-state index contributed by atoms with van der Waals surface area (Å²) in [5, 5.41) is 0. The summed E-state index contributed by atoms with van der Waals surface area (Å²) in [6, 6.07) is 26.1. The minimum atomic E-state index is 0.0345. The van der Waals surface area contributed by atoms with E-state index in [4.69, 9.17) is 0 Å². The average molecular weight is 465 g/mol. The van der Waals surface area contributed by atoms with E-state index < -0.39 is 0 Å². The predicted octanol–water partition coefficient (Wildman–Crippen LogP) is 8.37. The zero-order valence-corrected chi connectivity index (χ0v) is 22.1. The maximum absolute atomic E-state index is 2.97. The van der Waals surface area contributed by atoms with Crippen LogP contribution in [0.25, 0.3) is 0 Å². The van der Waals surface area contributed by atoms with Gasteiger partial charge in [-0.1, -0.05) is 79.9 Å². The largest absolute Gasteiger partial charge is 0.347 e. The van der Waals surface area contributed by atoms with Crippen LogP contribution in [0.3, 0.4) is 0 Å². The van der Waals surface area contributed by atoms with Gasteiger partial charge in [-0.15, -0.1) is 0 Å². The number of hydrogen-bond donors (Lipinski definition) is 0. The molecule has 6 rings (SSSR count). The monoisotopic (exact) mass is 464 g/mol. The summed E-state index contributed by atoms with van der Waals surface area (Å²) in [6.07, 6.45) is 7.03. The SMILES string of the molecule is Cc1ccccc1N1C(c2c(C)cccc2C)N2C(c3ccccc3C2(C)C2CCCCC2)[C@@H]1C. The van der Waals surface area contributed by atoms with Crippen molar-refractivity contribution < 1.29 is 0 Å². The summed E-state index contributed by atoms with van der Waals surface area (Å²) in [5.74, 6) is 0.693. The minimum Gasteiger partial charge on any atom is -0.347 e. The Kier molecular flexibility index (Phi) is 5.56. The van der Waals surface area contributed by atoms with Crippen LogP contribution >= 0.6 is 0 Å². The van der Waals surface area contributed by atoms with Crippen molar-refractivity contribution in [2.24, 2.45) is 5.92 Å². The normalized spacial score (nSPS) is 28.8. The van der Waals surface area contributed by atoms with Crippen molar-refractivity contribution in [1.29, 1.82) is 0 Å². The Morgan fingerprint density at radius 1 is 0.743 bits per heavy atom. The van der Waals surface area contributed by atoms with Crippen LogP contribution in [0, 0.1) is 26.7 Å². The van der Waals surface area contributed by atoms with Gasteiger partial charge in [-0.05, 0) is 92.8 Å². The van der Waals surface area contributed by atoms with Gasteiger partial charge < -0.3 is 4.90 Å².